The highest BCUT2D eigenvalue weighted by molar-refractivity contribution is 6.34. The minimum atomic E-state index is -0.336. The molecule has 1 aliphatic carbocycles. The van der Waals surface area contributed by atoms with Gasteiger partial charge in [-0.1, -0.05) is 6.07 Å². The van der Waals surface area contributed by atoms with Crippen LogP contribution in [-0.2, 0) is 14.3 Å². The van der Waals surface area contributed by atoms with Gasteiger partial charge >= 0.3 is 0 Å². The molecule has 0 bridgehead atoms. The van der Waals surface area contributed by atoms with Gasteiger partial charge in [-0.15, -0.1) is 0 Å². The van der Waals surface area contributed by atoms with Gasteiger partial charge in [-0.2, -0.15) is 0 Å². The van der Waals surface area contributed by atoms with Crippen LogP contribution in [0.25, 0.3) is 5.57 Å². The molecule has 0 fully saturated rings. The lowest BCUT2D eigenvalue weighted by Gasteiger charge is -2.13. The summed E-state index contributed by atoms with van der Waals surface area (Å²) in [4.78, 5) is 23.8. The highest BCUT2D eigenvalue weighted by Crippen LogP contribution is 2.31. The SMILES string of the molecule is COC1=CC(=O)C(c2ccc(OC)c(OC)c2)=CC1=O. The van der Waals surface area contributed by atoms with E-state index in [0.29, 0.717) is 22.6 Å². The minimum Gasteiger partial charge on any atom is -0.493 e. The molecule has 0 atom stereocenters. The number of rotatable bonds is 4. The molecule has 0 amide bonds. The summed E-state index contributed by atoms with van der Waals surface area (Å²) in [6, 6.07) is 5.04. The normalized spacial score (nSPS) is 14.6. The van der Waals surface area contributed by atoms with Crippen LogP contribution in [0.3, 0.4) is 0 Å². The Morgan fingerprint density at radius 2 is 1.50 bits per heavy atom. The smallest absolute Gasteiger partial charge is 0.221 e. The Balaban J connectivity index is 2.43. The van der Waals surface area contributed by atoms with Crippen molar-refractivity contribution in [3.05, 3.63) is 41.7 Å². The third kappa shape index (κ3) is 2.42. The third-order valence-electron chi connectivity index (χ3n) is 2.96. The van der Waals surface area contributed by atoms with Crippen LogP contribution in [0.4, 0.5) is 0 Å². The number of benzene rings is 1. The molecule has 2 rings (SSSR count). The van der Waals surface area contributed by atoms with Crippen LogP contribution in [0, 0.1) is 0 Å². The molecule has 1 aromatic rings. The van der Waals surface area contributed by atoms with Gasteiger partial charge in [0.2, 0.25) is 5.78 Å². The zero-order valence-electron chi connectivity index (χ0n) is 11.4. The van der Waals surface area contributed by atoms with Gasteiger partial charge in [-0.25, -0.2) is 0 Å². The Kier molecular flexibility index (Phi) is 3.89. The number of allylic oxidation sites excluding steroid dienone is 3. The lowest BCUT2D eigenvalue weighted by atomic mass is 9.95. The van der Waals surface area contributed by atoms with Gasteiger partial charge in [0.1, 0.15) is 0 Å². The standard InChI is InChI=1S/C15H14O5/c1-18-13-5-4-9(6-15(13)20-3)10-7-12(17)14(19-2)8-11(10)16/h4-8H,1-3H3. The van der Waals surface area contributed by atoms with Crippen LogP contribution in [0.2, 0.25) is 0 Å². The zero-order chi connectivity index (χ0) is 14.7. The zero-order valence-corrected chi connectivity index (χ0v) is 11.4. The summed E-state index contributed by atoms with van der Waals surface area (Å²) in [6.45, 7) is 0. The third-order valence-corrected chi connectivity index (χ3v) is 2.96. The highest BCUT2D eigenvalue weighted by atomic mass is 16.5. The Morgan fingerprint density at radius 3 is 2.10 bits per heavy atom. The van der Waals surface area contributed by atoms with Crippen LogP contribution in [0.15, 0.2) is 36.1 Å². The summed E-state index contributed by atoms with van der Waals surface area (Å²) in [5.41, 5.74) is 0.893. The summed E-state index contributed by atoms with van der Waals surface area (Å²) < 4.78 is 15.2. The molecule has 0 saturated heterocycles. The summed E-state index contributed by atoms with van der Waals surface area (Å²) in [5, 5.41) is 0. The molecule has 0 spiro atoms. The number of ketones is 2. The van der Waals surface area contributed by atoms with E-state index in [4.69, 9.17) is 14.2 Å². The lowest BCUT2D eigenvalue weighted by Crippen LogP contribution is -2.13. The van der Waals surface area contributed by atoms with Gasteiger partial charge in [0, 0.05) is 17.7 Å². The van der Waals surface area contributed by atoms with E-state index >= 15 is 0 Å². The van der Waals surface area contributed by atoms with Crippen LogP contribution < -0.4 is 9.47 Å². The van der Waals surface area contributed by atoms with Gasteiger partial charge in [-0.05, 0) is 17.7 Å². The second-order valence-electron chi connectivity index (χ2n) is 4.07. The quantitative estimate of drug-likeness (QED) is 0.783. The first kappa shape index (κ1) is 13.9. The molecule has 0 unspecified atom stereocenters. The number of hydrogen-bond donors (Lipinski definition) is 0. The molecule has 0 aliphatic heterocycles. The van der Waals surface area contributed by atoms with Crippen LogP contribution in [0.1, 0.15) is 5.56 Å². The molecule has 0 saturated carbocycles. The summed E-state index contributed by atoms with van der Waals surface area (Å²) in [6.07, 6.45) is 2.46. The Labute approximate surface area is 116 Å². The van der Waals surface area contributed by atoms with Gasteiger partial charge in [0.25, 0.3) is 0 Å². The van der Waals surface area contributed by atoms with Gasteiger partial charge in [0.15, 0.2) is 23.0 Å². The largest absolute Gasteiger partial charge is 0.493 e. The molecule has 1 aromatic carbocycles. The molecule has 0 aromatic heterocycles. The molecule has 20 heavy (non-hydrogen) atoms. The number of ether oxygens (including phenoxy) is 3. The van der Waals surface area contributed by atoms with E-state index in [0.717, 1.165) is 0 Å². The number of carbonyl (C=O) groups is 2. The molecular formula is C15H14O5. The van der Waals surface area contributed by atoms with E-state index in [1.165, 1.54) is 33.5 Å². The predicted molar refractivity (Wildman–Crippen MR) is 72.6 cm³/mol. The Bertz CT molecular complexity index is 625. The predicted octanol–water partition coefficient (Wildman–Crippen LogP) is 1.77. The first-order valence-corrected chi connectivity index (χ1v) is 5.89. The molecule has 1 aliphatic rings. The first-order valence-electron chi connectivity index (χ1n) is 5.89. The second kappa shape index (κ2) is 5.61. The fourth-order valence-electron chi connectivity index (χ4n) is 1.93. The summed E-state index contributed by atoms with van der Waals surface area (Å²) >= 11 is 0. The van der Waals surface area contributed by atoms with Crippen LogP contribution >= 0.6 is 0 Å². The maximum absolute atomic E-state index is 12.0. The van der Waals surface area contributed by atoms with E-state index in [2.05, 4.69) is 0 Å². The van der Waals surface area contributed by atoms with Crippen molar-refractivity contribution in [1.29, 1.82) is 0 Å². The molecule has 0 radical (unpaired) electrons. The topological polar surface area (TPSA) is 61.8 Å². The van der Waals surface area contributed by atoms with E-state index in [1.807, 2.05) is 0 Å². The van der Waals surface area contributed by atoms with E-state index in [-0.39, 0.29) is 17.3 Å². The fourth-order valence-corrected chi connectivity index (χ4v) is 1.93. The number of hydrogen-bond acceptors (Lipinski definition) is 5. The second-order valence-corrected chi connectivity index (χ2v) is 4.07. The highest BCUT2D eigenvalue weighted by Gasteiger charge is 2.22. The molecule has 104 valence electrons. The van der Waals surface area contributed by atoms with Crippen molar-refractivity contribution in [3.8, 4) is 11.5 Å². The Hall–Kier alpha value is -2.56. The summed E-state index contributed by atoms with van der Waals surface area (Å²) in [5.74, 6) is 0.469. The Morgan fingerprint density at radius 1 is 0.800 bits per heavy atom. The average Bonchev–Trinajstić information content (AvgIpc) is 2.48. The van der Waals surface area contributed by atoms with Crippen molar-refractivity contribution in [2.24, 2.45) is 0 Å². The van der Waals surface area contributed by atoms with Gasteiger partial charge < -0.3 is 14.2 Å². The molecule has 5 heteroatoms. The molecular weight excluding hydrogens is 260 g/mol. The summed E-state index contributed by atoms with van der Waals surface area (Å²) in [7, 11) is 4.39. The maximum Gasteiger partial charge on any atom is 0.221 e. The van der Waals surface area contributed by atoms with E-state index in [1.54, 1.807) is 18.2 Å². The maximum atomic E-state index is 12.0. The fraction of sp³-hybridized carbons (Fsp3) is 0.200. The van der Waals surface area contributed by atoms with Crippen molar-refractivity contribution in [3.63, 3.8) is 0 Å². The first-order chi connectivity index (χ1) is 9.60. The number of methoxy groups -OCH3 is 3. The van der Waals surface area contributed by atoms with Gasteiger partial charge in [-0.3, -0.25) is 9.59 Å². The van der Waals surface area contributed by atoms with Crippen molar-refractivity contribution in [2.75, 3.05) is 21.3 Å². The van der Waals surface area contributed by atoms with Gasteiger partial charge in [0.05, 0.1) is 21.3 Å². The lowest BCUT2D eigenvalue weighted by molar-refractivity contribution is -0.116. The van der Waals surface area contributed by atoms with Crippen molar-refractivity contribution >= 4 is 17.1 Å². The van der Waals surface area contributed by atoms with Crippen LogP contribution in [-0.4, -0.2) is 32.9 Å². The van der Waals surface area contributed by atoms with E-state index < -0.39 is 0 Å². The van der Waals surface area contributed by atoms with Crippen molar-refractivity contribution < 1.29 is 23.8 Å². The molecule has 5 nitrogen and oxygen atoms in total. The molecule has 0 heterocycles. The van der Waals surface area contributed by atoms with Crippen molar-refractivity contribution in [2.45, 2.75) is 0 Å². The average molecular weight is 274 g/mol. The van der Waals surface area contributed by atoms with E-state index in [9.17, 15) is 9.59 Å². The molecule has 0 N–H and O–H groups in total. The van der Waals surface area contributed by atoms with Crippen LogP contribution in [0.5, 0.6) is 11.5 Å². The monoisotopic (exact) mass is 274 g/mol. The van der Waals surface area contributed by atoms with Crippen molar-refractivity contribution in [1.82, 2.24) is 0 Å². The number of carbonyl (C=O) groups excluding carboxylic acids is 2. The minimum absolute atomic E-state index is 0.0410.